The van der Waals surface area contributed by atoms with Crippen molar-refractivity contribution < 1.29 is 9.50 Å². The second-order valence-corrected chi connectivity index (χ2v) is 4.81. The largest absolute Gasteiger partial charge is 0.388 e. The van der Waals surface area contributed by atoms with Gasteiger partial charge in [-0.1, -0.05) is 47.5 Å². The summed E-state index contributed by atoms with van der Waals surface area (Å²) in [5.74, 6) is -0.470. The first kappa shape index (κ1) is 13.1. The molecule has 0 saturated carbocycles. The second kappa shape index (κ2) is 5.51. The van der Waals surface area contributed by atoms with Gasteiger partial charge in [-0.3, -0.25) is 0 Å². The third-order valence-corrected chi connectivity index (χ3v) is 3.11. The van der Waals surface area contributed by atoms with E-state index in [2.05, 4.69) is 0 Å². The highest BCUT2D eigenvalue weighted by Crippen LogP contribution is 2.23. The van der Waals surface area contributed by atoms with Crippen molar-refractivity contribution in [3.8, 4) is 0 Å². The van der Waals surface area contributed by atoms with Gasteiger partial charge in [-0.05, 0) is 24.6 Å². The molecular weight excluding hydrogens is 251 g/mol. The molecule has 0 saturated heterocycles. The van der Waals surface area contributed by atoms with Crippen LogP contribution in [-0.4, -0.2) is 5.11 Å². The van der Waals surface area contributed by atoms with Crippen LogP contribution in [0.2, 0.25) is 5.02 Å². The smallest absolute Gasteiger partial charge is 0.130 e. The van der Waals surface area contributed by atoms with E-state index in [-0.39, 0.29) is 5.56 Å². The van der Waals surface area contributed by atoms with Gasteiger partial charge in [0.15, 0.2) is 0 Å². The molecule has 2 aromatic carbocycles. The number of hydrogen-bond donors (Lipinski definition) is 1. The lowest BCUT2D eigenvalue weighted by Crippen LogP contribution is -2.04. The Labute approximate surface area is 111 Å². The van der Waals surface area contributed by atoms with Gasteiger partial charge in [0.2, 0.25) is 0 Å². The summed E-state index contributed by atoms with van der Waals surface area (Å²) in [7, 11) is 0. The molecule has 0 aliphatic rings. The summed E-state index contributed by atoms with van der Waals surface area (Å²) in [6.45, 7) is 2.00. The number of aliphatic hydroxyl groups excluding tert-OH is 1. The van der Waals surface area contributed by atoms with Gasteiger partial charge in [0, 0.05) is 17.0 Å². The van der Waals surface area contributed by atoms with Crippen molar-refractivity contribution in [2.45, 2.75) is 19.4 Å². The van der Waals surface area contributed by atoms with Gasteiger partial charge >= 0.3 is 0 Å². The first-order chi connectivity index (χ1) is 8.56. The summed E-state index contributed by atoms with van der Waals surface area (Å²) in [4.78, 5) is 0. The fourth-order valence-corrected chi connectivity index (χ4v) is 1.99. The van der Waals surface area contributed by atoms with Crippen molar-refractivity contribution in [3.63, 3.8) is 0 Å². The van der Waals surface area contributed by atoms with E-state index in [1.54, 1.807) is 6.07 Å². The lowest BCUT2D eigenvalue weighted by Gasteiger charge is -2.12. The molecule has 18 heavy (non-hydrogen) atoms. The Bertz CT molecular complexity index is 537. The molecule has 0 radical (unpaired) electrons. The molecule has 0 aromatic heterocycles. The molecule has 3 heteroatoms. The molecule has 0 heterocycles. The zero-order chi connectivity index (χ0) is 13.1. The standard InChI is InChI=1S/C15H14ClFO/c1-10-2-4-11(5-3-10)8-15(18)13-7-6-12(16)9-14(13)17/h2-7,9,15,18H,8H2,1H3. The van der Waals surface area contributed by atoms with Crippen LogP contribution >= 0.6 is 11.6 Å². The van der Waals surface area contributed by atoms with Crippen LogP contribution in [0.15, 0.2) is 42.5 Å². The molecule has 1 N–H and O–H groups in total. The Hall–Kier alpha value is -1.38. The van der Waals surface area contributed by atoms with E-state index >= 15 is 0 Å². The summed E-state index contributed by atoms with van der Waals surface area (Å²) in [6, 6.07) is 12.1. The van der Waals surface area contributed by atoms with Crippen LogP contribution in [0.5, 0.6) is 0 Å². The summed E-state index contributed by atoms with van der Waals surface area (Å²) in [5, 5.41) is 10.4. The van der Waals surface area contributed by atoms with E-state index in [0.29, 0.717) is 11.4 Å². The Kier molecular flexibility index (Phi) is 4.00. The number of rotatable bonds is 3. The average molecular weight is 265 g/mol. The molecule has 2 rings (SSSR count). The zero-order valence-corrected chi connectivity index (χ0v) is 10.8. The predicted octanol–water partition coefficient (Wildman–Crippen LogP) is 4.06. The molecule has 1 nitrogen and oxygen atoms in total. The summed E-state index contributed by atoms with van der Waals surface area (Å²) in [6.07, 6.45) is -0.469. The van der Waals surface area contributed by atoms with Crippen LogP contribution in [-0.2, 0) is 6.42 Å². The number of hydrogen-bond acceptors (Lipinski definition) is 1. The number of halogens is 2. The minimum absolute atomic E-state index is 0.278. The lowest BCUT2D eigenvalue weighted by molar-refractivity contribution is 0.173. The summed E-state index contributed by atoms with van der Waals surface area (Å²) < 4.78 is 13.6. The molecule has 1 atom stereocenters. The highest BCUT2D eigenvalue weighted by Gasteiger charge is 2.13. The van der Waals surface area contributed by atoms with Crippen LogP contribution in [0.25, 0.3) is 0 Å². The van der Waals surface area contributed by atoms with Crippen LogP contribution in [0, 0.1) is 12.7 Å². The van der Waals surface area contributed by atoms with Gasteiger partial charge in [0.25, 0.3) is 0 Å². The summed E-state index contributed by atoms with van der Waals surface area (Å²) in [5.41, 5.74) is 2.41. The molecule has 94 valence electrons. The van der Waals surface area contributed by atoms with Crippen molar-refractivity contribution >= 4 is 11.6 Å². The van der Waals surface area contributed by atoms with E-state index in [4.69, 9.17) is 11.6 Å². The predicted molar refractivity (Wildman–Crippen MR) is 71.3 cm³/mol. The number of benzene rings is 2. The fraction of sp³-hybridized carbons (Fsp3) is 0.200. The molecule has 1 unspecified atom stereocenters. The van der Waals surface area contributed by atoms with E-state index in [0.717, 1.165) is 11.1 Å². The Balaban J connectivity index is 2.16. The van der Waals surface area contributed by atoms with Crippen LogP contribution in [0.3, 0.4) is 0 Å². The minimum atomic E-state index is -0.857. The van der Waals surface area contributed by atoms with Gasteiger partial charge in [-0.25, -0.2) is 4.39 Å². The first-order valence-corrected chi connectivity index (χ1v) is 6.12. The highest BCUT2D eigenvalue weighted by molar-refractivity contribution is 6.30. The monoisotopic (exact) mass is 264 g/mol. The molecule has 0 aliphatic carbocycles. The lowest BCUT2D eigenvalue weighted by atomic mass is 10.0. The van der Waals surface area contributed by atoms with Gasteiger partial charge in [-0.2, -0.15) is 0 Å². The molecule has 2 aromatic rings. The minimum Gasteiger partial charge on any atom is -0.388 e. The van der Waals surface area contributed by atoms with Gasteiger partial charge in [-0.15, -0.1) is 0 Å². The van der Waals surface area contributed by atoms with Crippen LogP contribution in [0.1, 0.15) is 22.8 Å². The number of aryl methyl sites for hydroxylation is 1. The van der Waals surface area contributed by atoms with Gasteiger partial charge < -0.3 is 5.11 Å². The Morgan fingerprint density at radius 2 is 1.83 bits per heavy atom. The maximum absolute atomic E-state index is 13.6. The average Bonchev–Trinajstić information content (AvgIpc) is 2.32. The quantitative estimate of drug-likeness (QED) is 0.886. The highest BCUT2D eigenvalue weighted by atomic mass is 35.5. The van der Waals surface area contributed by atoms with E-state index in [1.165, 1.54) is 12.1 Å². The molecule has 0 spiro atoms. The molecule has 0 aliphatic heterocycles. The zero-order valence-electron chi connectivity index (χ0n) is 10.0. The van der Waals surface area contributed by atoms with E-state index < -0.39 is 11.9 Å². The normalized spacial score (nSPS) is 12.4. The van der Waals surface area contributed by atoms with E-state index in [1.807, 2.05) is 31.2 Å². The topological polar surface area (TPSA) is 20.2 Å². The van der Waals surface area contributed by atoms with Crippen molar-refractivity contribution in [3.05, 3.63) is 70.0 Å². The maximum atomic E-state index is 13.6. The van der Waals surface area contributed by atoms with Gasteiger partial charge in [0.1, 0.15) is 5.82 Å². The van der Waals surface area contributed by atoms with Crippen molar-refractivity contribution in [2.24, 2.45) is 0 Å². The van der Waals surface area contributed by atoms with Crippen LogP contribution in [0.4, 0.5) is 4.39 Å². The van der Waals surface area contributed by atoms with Crippen molar-refractivity contribution in [1.82, 2.24) is 0 Å². The SMILES string of the molecule is Cc1ccc(CC(O)c2ccc(Cl)cc2F)cc1. The number of aliphatic hydroxyl groups is 1. The fourth-order valence-electron chi connectivity index (χ4n) is 1.83. The Morgan fingerprint density at radius 1 is 1.17 bits per heavy atom. The van der Waals surface area contributed by atoms with E-state index in [9.17, 15) is 9.50 Å². The first-order valence-electron chi connectivity index (χ1n) is 5.75. The Morgan fingerprint density at radius 3 is 2.44 bits per heavy atom. The molecular formula is C15H14ClFO. The third kappa shape index (κ3) is 3.09. The second-order valence-electron chi connectivity index (χ2n) is 4.37. The summed E-state index contributed by atoms with van der Waals surface area (Å²) >= 11 is 5.68. The molecule has 0 bridgehead atoms. The van der Waals surface area contributed by atoms with Crippen molar-refractivity contribution in [2.75, 3.05) is 0 Å². The maximum Gasteiger partial charge on any atom is 0.130 e. The van der Waals surface area contributed by atoms with Gasteiger partial charge in [0.05, 0.1) is 6.10 Å². The molecule has 0 fully saturated rings. The van der Waals surface area contributed by atoms with Crippen molar-refractivity contribution in [1.29, 1.82) is 0 Å². The van der Waals surface area contributed by atoms with Crippen LogP contribution < -0.4 is 0 Å². The molecule has 0 amide bonds. The third-order valence-electron chi connectivity index (χ3n) is 2.87.